The highest BCUT2D eigenvalue weighted by Gasteiger charge is 2.41. The average molecular weight is 585 g/mol. The van der Waals surface area contributed by atoms with E-state index in [-0.39, 0.29) is 35.9 Å². The molecule has 3 heterocycles. The van der Waals surface area contributed by atoms with Crippen molar-refractivity contribution in [1.82, 2.24) is 14.5 Å². The molecule has 5 atom stereocenters. The van der Waals surface area contributed by atoms with Crippen molar-refractivity contribution < 1.29 is 41.7 Å². The summed E-state index contributed by atoms with van der Waals surface area (Å²) in [6.07, 6.45) is 1.38. The maximum absolute atomic E-state index is 12.6. The summed E-state index contributed by atoms with van der Waals surface area (Å²) in [6, 6.07) is 0. The number of nitrogen functional groups attached to an aromatic ring is 1. The van der Waals surface area contributed by atoms with Crippen LogP contribution in [-0.2, 0) is 32.0 Å². The number of hydrogen-bond donors (Lipinski definition) is 5. The van der Waals surface area contributed by atoms with Crippen LogP contribution in [0, 0.1) is 11.8 Å². The van der Waals surface area contributed by atoms with Crippen molar-refractivity contribution in [2.75, 3.05) is 38.2 Å². The molecule has 0 spiro atoms. The summed E-state index contributed by atoms with van der Waals surface area (Å²) in [6.45, 7) is -0.458. The Morgan fingerprint density at radius 2 is 2.14 bits per heavy atom. The van der Waals surface area contributed by atoms with Gasteiger partial charge >= 0.3 is 15.6 Å². The largest absolute Gasteiger partial charge is 0.481 e. The highest BCUT2D eigenvalue weighted by Crippen LogP contribution is 2.60. The smallest absolute Gasteiger partial charge is 0.369 e. The Kier molecular flexibility index (Phi) is 10.1. The third-order valence-electron chi connectivity index (χ3n) is 4.80. The number of phosphoric ester groups is 2. The zero-order chi connectivity index (χ0) is 26.5. The third kappa shape index (κ3) is 7.35. The summed E-state index contributed by atoms with van der Waals surface area (Å²) in [5.74, 6) is 5.67. The first-order valence-electron chi connectivity index (χ1n) is 10.1. The van der Waals surface area contributed by atoms with Crippen LogP contribution in [0.5, 0.6) is 0 Å². The van der Waals surface area contributed by atoms with E-state index in [2.05, 4.69) is 30.6 Å². The molecule has 15 nitrogen and oxygen atoms in total. The molecular formula is C17H25N5O10P2S2. The van der Waals surface area contributed by atoms with Gasteiger partial charge in [0.2, 0.25) is 5.95 Å². The summed E-state index contributed by atoms with van der Waals surface area (Å²) >= 11 is 0. The van der Waals surface area contributed by atoms with Crippen molar-refractivity contribution in [3.05, 3.63) is 22.1 Å². The highest BCUT2D eigenvalue weighted by molar-refractivity contribution is 8.76. The SMILES string of the molecule is COP(=O)(O)OP(=O)(O)OC[C@H]1O[C@@H](n2cc(C#CCN)c3c(=O)[nH]c(N)nc32)C[C@@H]1OCSSC. The van der Waals surface area contributed by atoms with Crippen LogP contribution in [0.3, 0.4) is 0 Å². The zero-order valence-electron chi connectivity index (χ0n) is 19.1. The Balaban J connectivity index is 1.89. The Bertz CT molecular complexity index is 1290. The maximum atomic E-state index is 12.6. The number of hydrogen-bond acceptors (Lipinski definition) is 13. The first kappa shape index (κ1) is 29.2. The van der Waals surface area contributed by atoms with Crippen molar-refractivity contribution in [2.45, 2.75) is 24.9 Å². The van der Waals surface area contributed by atoms with Crippen molar-refractivity contribution in [3.63, 3.8) is 0 Å². The van der Waals surface area contributed by atoms with Crippen LogP contribution in [0.15, 0.2) is 11.0 Å². The van der Waals surface area contributed by atoms with Crippen LogP contribution in [0.4, 0.5) is 5.95 Å². The molecule has 1 fully saturated rings. The number of fused-ring (bicyclic) bond motifs is 1. The molecule has 2 aromatic heterocycles. The Morgan fingerprint density at radius 3 is 2.81 bits per heavy atom. The molecule has 0 radical (unpaired) electrons. The van der Waals surface area contributed by atoms with Gasteiger partial charge in [-0.25, -0.2) is 9.13 Å². The molecule has 19 heteroatoms. The number of nitrogens with one attached hydrogen (secondary N) is 1. The molecular weight excluding hydrogens is 560 g/mol. The fourth-order valence-electron chi connectivity index (χ4n) is 3.35. The van der Waals surface area contributed by atoms with Crippen molar-refractivity contribution in [1.29, 1.82) is 0 Å². The maximum Gasteiger partial charge on any atom is 0.481 e. The predicted octanol–water partition coefficient (Wildman–Crippen LogP) is 1.14. The Hall–Kier alpha value is -1.38. The van der Waals surface area contributed by atoms with Crippen molar-refractivity contribution in [2.24, 2.45) is 5.73 Å². The average Bonchev–Trinajstić information content (AvgIpc) is 3.37. The van der Waals surface area contributed by atoms with E-state index in [1.165, 1.54) is 21.6 Å². The predicted molar refractivity (Wildman–Crippen MR) is 134 cm³/mol. The summed E-state index contributed by atoms with van der Waals surface area (Å²) < 4.78 is 50.3. The number of nitrogens with zero attached hydrogens (tertiary/aromatic N) is 2. The van der Waals surface area contributed by atoms with Crippen LogP contribution < -0.4 is 17.0 Å². The van der Waals surface area contributed by atoms with Crippen LogP contribution in [0.2, 0.25) is 0 Å². The Morgan fingerprint density at radius 1 is 1.39 bits per heavy atom. The summed E-state index contributed by atoms with van der Waals surface area (Å²) in [4.78, 5) is 38.3. The standard InChI is InChI=1S/C17H25N5O10P2S2/c1-28-33(24,25)32-34(26,27)30-8-12-11(29-9-36-35-2)6-13(31-12)22-7-10(4-3-5-18)14-15(22)20-17(19)21-16(14)23/h7,11-13H,5-6,8-9,18H2,1-2H3,(H,24,25)(H,26,27)(H3,19,20,21,23)/t11-,12+,13+/m0/s1. The zero-order valence-corrected chi connectivity index (χ0v) is 22.5. The van der Waals surface area contributed by atoms with E-state index in [9.17, 15) is 23.7 Å². The third-order valence-corrected chi connectivity index (χ3v) is 8.86. The van der Waals surface area contributed by atoms with E-state index >= 15 is 0 Å². The van der Waals surface area contributed by atoms with Gasteiger partial charge in [0.1, 0.15) is 18.3 Å². The fourth-order valence-corrected chi connectivity index (χ4v) is 5.96. The fraction of sp³-hybridized carbons (Fsp3) is 0.529. The van der Waals surface area contributed by atoms with Gasteiger partial charge in [0.05, 0.1) is 30.2 Å². The first-order valence-corrected chi connectivity index (χ1v) is 15.8. The van der Waals surface area contributed by atoms with Gasteiger partial charge in [0.25, 0.3) is 5.56 Å². The van der Waals surface area contributed by atoms with E-state index in [4.69, 9.17) is 25.5 Å². The molecule has 1 aliphatic rings. The molecule has 200 valence electrons. The number of aromatic nitrogens is 3. The minimum absolute atomic E-state index is 0.0719. The van der Waals surface area contributed by atoms with Crippen LogP contribution in [0.25, 0.3) is 11.0 Å². The second-order valence-corrected chi connectivity index (χ2v) is 12.7. The minimum atomic E-state index is -4.99. The monoisotopic (exact) mass is 585 g/mol. The van der Waals surface area contributed by atoms with Crippen molar-refractivity contribution in [3.8, 4) is 11.8 Å². The lowest BCUT2D eigenvalue weighted by Gasteiger charge is -2.20. The molecule has 7 N–H and O–H groups in total. The summed E-state index contributed by atoms with van der Waals surface area (Å²) in [7, 11) is -6.05. The van der Waals surface area contributed by atoms with Crippen LogP contribution in [-0.4, -0.2) is 69.0 Å². The van der Waals surface area contributed by atoms with Gasteiger partial charge in [-0.1, -0.05) is 33.4 Å². The lowest BCUT2D eigenvalue weighted by Crippen LogP contribution is -2.28. The number of ether oxygens (including phenoxy) is 2. The molecule has 36 heavy (non-hydrogen) atoms. The topological polar surface area (TPSA) is 223 Å². The molecule has 1 aliphatic heterocycles. The van der Waals surface area contributed by atoms with Gasteiger partial charge in [0, 0.05) is 19.7 Å². The molecule has 0 aromatic carbocycles. The van der Waals surface area contributed by atoms with Gasteiger partial charge < -0.3 is 35.3 Å². The molecule has 2 unspecified atom stereocenters. The highest BCUT2D eigenvalue weighted by atomic mass is 33.1. The van der Waals surface area contributed by atoms with Gasteiger partial charge in [0.15, 0.2) is 5.65 Å². The number of anilines is 1. The number of H-pyrrole nitrogens is 1. The van der Waals surface area contributed by atoms with E-state index in [1.54, 1.807) is 10.8 Å². The normalized spacial score (nSPS) is 23.2. The van der Waals surface area contributed by atoms with Crippen molar-refractivity contribution >= 4 is 54.2 Å². The number of aromatic amines is 1. The minimum Gasteiger partial charge on any atom is -0.369 e. The van der Waals surface area contributed by atoms with E-state index in [0.717, 1.165) is 7.11 Å². The van der Waals surface area contributed by atoms with Gasteiger partial charge in [-0.3, -0.25) is 18.8 Å². The van der Waals surface area contributed by atoms with Gasteiger partial charge in [-0.05, 0) is 6.26 Å². The number of phosphoric acid groups is 2. The van der Waals surface area contributed by atoms with Gasteiger partial charge in [-0.15, -0.1) is 0 Å². The first-order chi connectivity index (χ1) is 17.0. The quantitative estimate of drug-likeness (QED) is 0.0819. The van der Waals surface area contributed by atoms with Crippen LogP contribution >= 0.6 is 37.2 Å². The molecule has 0 aliphatic carbocycles. The van der Waals surface area contributed by atoms with Crippen LogP contribution in [0.1, 0.15) is 18.2 Å². The lowest BCUT2D eigenvalue weighted by atomic mass is 10.2. The lowest BCUT2D eigenvalue weighted by molar-refractivity contribution is -0.0521. The second kappa shape index (κ2) is 12.4. The summed E-state index contributed by atoms with van der Waals surface area (Å²) in [5, 5.41) is 0.190. The van der Waals surface area contributed by atoms with E-state index < -0.39 is 46.2 Å². The van der Waals surface area contributed by atoms with E-state index in [0.29, 0.717) is 5.56 Å². The Labute approximate surface area is 213 Å². The number of rotatable bonds is 11. The molecule has 1 saturated heterocycles. The molecule has 0 amide bonds. The summed E-state index contributed by atoms with van der Waals surface area (Å²) in [5.41, 5.74) is 11.3. The van der Waals surface area contributed by atoms with E-state index in [1.807, 2.05) is 6.26 Å². The molecule has 0 bridgehead atoms. The molecule has 2 aromatic rings. The van der Waals surface area contributed by atoms with Gasteiger partial charge in [-0.2, -0.15) is 9.29 Å². The second-order valence-electron chi connectivity index (χ2n) is 7.08. The molecule has 3 rings (SSSR count). The molecule has 0 saturated carbocycles. The number of nitrogens with two attached hydrogens (primary N) is 2.